The minimum absolute atomic E-state index is 0.253. The van der Waals surface area contributed by atoms with E-state index < -0.39 is 11.7 Å². The van der Waals surface area contributed by atoms with Crippen LogP contribution in [0.2, 0.25) is 0 Å². The molecule has 1 unspecified atom stereocenters. The van der Waals surface area contributed by atoms with Crippen LogP contribution in [0.4, 0.5) is 18.0 Å². The van der Waals surface area contributed by atoms with Crippen LogP contribution in [-0.2, 0) is 17.5 Å². The van der Waals surface area contributed by atoms with Gasteiger partial charge in [0.05, 0.1) is 12.2 Å². The molecule has 1 aromatic rings. The first-order valence-corrected chi connectivity index (χ1v) is 9.91. The monoisotopic (exact) mass is 399 g/mol. The summed E-state index contributed by atoms with van der Waals surface area (Å²) in [6.45, 7) is 7.38. The molecule has 0 bridgehead atoms. The van der Waals surface area contributed by atoms with Gasteiger partial charge < -0.3 is 9.64 Å². The van der Waals surface area contributed by atoms with Crippen LogP contribution in [0.25, 0.3) is 0 Å². The fourth-order valence-corrected chi connectivity index (χ4v) is 4.06. The highest BCUT2D eigenvalue weighted by atomic mass is 19.4. The summed E-state index contributed by atoms with van der Waals surface area (Å²) >= 11 is 0. The van der Waals surface area contributed by atoms with E-state index in [1.165, 1.54) is 12.1 Å². The fraction of sp³-hybridized carbons (Fsp3) is 0.650. The van der Waals surface area contributed by atoms with Gasteiger partial charge in [-0.25, -0.2) is 4.79 Å². The average molecular weight is 399 g/mol. The number of amides is 1. The van der Waals surface area contributed by atoms with E-state index in [2.05, 4.69) is 9.80 Å². The zero-order chi connectivity index (χ0) is 20.1. The lowest BCUT2D eigenvalue weighted by molar-refractivity contribution is -0.137. The predicted molar refractivity (Wildman–Crippen MR) is 99.9 cm³/mol. The van der Waals surface area contributed by atoms with Gasteiger partial charge >= 0.3 is 12.3 Å². The highest BCUT2D eigenvalue weighted by molar-refractivity contribution is 5.67. The highest BCUT2D eigenvalue weighted by Gasteiger charge is 2.32. The van der Waals surface area contributed by atoms with Gasteiger partial charge in [-0.15, -0.1) is 0 Å². The first-order valence-electron chi connectivity index (χ1n) is 9.91. The van der Waals surface area contributed by atoms with Gasteiger partial charge in [0, 0.05) is 45.3 Å². The number of likely N-dealkylation sites (tertiary alicyclic amines) is 1. The standard InChI is InChI=1S/C20H28F3N3O2/c1-2-28-19(27)26-11-9-25(10-12-26)18-7-4-8-24(15-18)14-16-5-3-6-17(13-16)20(21,22)23/h3,5-6,13,18H,2,4,7-12,14-15H2,1H3. The van der Waals surface area contributed by atoms with Gasteiger partial charge in [-0.3, -0.25) is 9.80 Å². The maximum absolute atomic E-state index is 12.9. The van der Waals surface area contributed by atoms with E-state index >= 15 is 0 Å². The SMILES string of the molecule is CCOC(=O)N1CCN(C2CCCN(Cc3cccc(C(F)(F)F)c3)C2)CC1. The van der Waals surface area contributed by atoms with E-state index in [0.29, 0.717) is 37.8 Å². The lowest BCUT2D eigenvalue weighted by Crippen LogP contribution is -2.55. The third kappa shape index (κ3) is 5.38. The third-order valence-electron chi connectivity index (χ3n) is 5.50. The van der Waals surface area contributed by atoms with Crippen molar-refractivity contribution >= 4 is 6.09 Å². The number of piperidine rings is 1. The lowest BCUT2D eigenvalue weighted by Gasteiger charge is -2.43. The van der Waals surface area contributed by atoms with Gasteiger partial charge in [-0.05, 0) is 37.9 Å². The zero-order valence-electron chi connectivity index (χ0n) is 16.2. The van der Waals surface area contributed by atoms with Gasteiger partial charge in [0.25, 0.3) is 0 Å². The van der Waals surface area contributed by atoms with Gasteiger partial charge in [-0.1, -0.05) is 18.2 Å². The summed E-state index contributed by atoms with van der Waals surface area (Å²) in [5.41, 5.74) is 0.108. The van der Waals surface area contributed by atoms with Crippen LogP contribution in [0, 0.1) is 0 Å². The smallest absolute Gasteiger partial charge is 0.416 e. The predicted octanol–water partition coefficient (Wildman–Crippen LogP) is 3.44. The van der Waals surface area contributed by atoms with E-state index in [9.17, 15) is 18.0 Å². The molecule has 28 heavy (non-hydrogen) atoms. The third-order valence-corrected chi connectivity index (χ3v) is 5.50. The molecule has 5 nitrogen and oxygen atoms in total. The van der Waals surface area contributed by atoms with Crippen LogP contribution in [0.1, 0.15) is 30.9 Å². The zero-order valence-corrected chi connectivity index (χ0v) is 16.2. The van der Waals surface area contributed by atoms with Crippen molar-refractivity contribution in [2.75, 3.05) is 45.9 Å². The number of alkyl halides is 3. The van der Waals surface area contributed by atoms with E-state index in [0.717, 1.165) is 45.1 Å². The molecule has 1 atom stereocenters. The van der Waals surface area contributed by atoms with Crippen molar-refractivity contribution in [3.8, 4) is 0 Å². The summed E-state index contributed by atoms with van der Waals surface area (Å²) in [7, 11) is 0. The summed E-state index contributed by atoms with van der Waals surface area (Å²) in [6.07, 6.45) is -2.45. The Morgan fingerprint density at radius 3 is 2.61 bits per heavy atom. The topological polar surface area (TPSA) is 36.0 Å². The maximum Gasteiger partial charge on any atom is 0.416 e. The Morgan fingerprint density at radius 1 is 1.18 bits per heavy atom. The highest BCUT2D eigenvalue weighted by Crippen LogP contribution is 2.30. The van der Waals surface area contributed by atoms with Crippen molar-refractivity contribution in [3.63, 3.8) is 0 Å². The summed E-state index contributed by atoms with van der Waals surface area (Å²) in [5.74, 6) is 0. The first-order chi connectivity index (χ1) is 13.4. The largest absolute Gasteiger partial charge is 0.450 e. The molecule has 2 saturated heterocycles. The lowest BCUT2D eigenvalue weighted by atomic mass is 10.0. The molecule has 2 heterocycles. The molecule has 1 aromatic carbocycles. The number of hydrogen-bond acceptors (Lipinski definition) is 4. The molecular formula is C20H28F3N3O2. The van der Waals surface area contributed by atoms with Gasteiger partial charge in [0.15, 0.2) is 0 Å². The number of rotatable bonds is 4. The van der Waals surface area contributed by atoms with Crippen molar-refractivity contribution in [1.82, 2.24) is 14.7 Å². The maximum atomic E-state index is 12.9. The van der Waals surface area contributed by atoms with E-state index in [4.69, 9.17) is 4.74 Å². The van der Waals surface area contributed by atoms with Crippen LogP contribution < -0.4 is 0 Å². The van der Waals surface area contributed by atoms with Crippen LogP contribution in [0.3, 0.4) is 0 Å². The Hall–Kier alpha value is -1.80. The molecule has 156 valence electrons. The van der Waals surface area contributed by atoms with E-state index in [-0.39, 0.29) is 6.09 Å². The summed E-state index contributed by atoms with van der Waals surface area (Å²) in [6, 6.07) is 5.99. The number of piperazine rings is 1. The van der Waals surface area contributed by atoms with Crippen molar-refractivity contribution in [2.24, 2.45) is 0 Å². The normalized spacial score (nSPS) is 22.3. The molecule has 0 spiro atoms. The van der Waals surface area contributed by atoms with E-state index in [1.54, 1.807) is 17.9 Å². The number of benzene rings is 1. The van der Waals surface area contributed by atoms with Crippen LogP contribution >= 0.6 is 0 Å². The molecule has 2 aliphatic heterocycles. The van der Waals surface area contributed by atoms with Crippen molar-refractivity contribution in [2.45, 2.75) is 38.5 Å². The fourth-order valence-electron chi connectivity index (χ4n) is 4.06. The Labute approximate surface area is 164 Å². The molecule has 0 N–H and O–H groups in total. The Morgan fingerprint density at radius 2 is 1.93 bits per heavy atom. The molecule has 0 aromatic heterocycles. The number of carbonyl (C=O) groups excluding carboxylic acids is 1. The minimum Gasteiger partial charge on any atom is -0.450 e. The summed E-state index contributed by atoms with van der Waals surface area (Å²) < 4.78 is 43.9. The number of carbonyl (C=O) groups is 1. The first kappa shape index (κ1) is 20.9. The summed E-state index contributed by atoms with van der Waals surface area (Å²) in [4.78, 5) is 18.2. The van der Waals surface area contributed by atoms with Gasteiger partial charge in [-0.2, -0.15) is 13.2 Å². The number of hydrogen-bond donors (Lipinski definition) is 0. The molecule has 0 radical (unpaired) electrons. The average Bonchev–Trinajstić information content (AvgIpc) is 2.68. The Balaban J connectivity index is 1.53. The molecule has 2 fully saturated rings. The molecule has 1 amide bonds. The van der Waals surface area contributed by atoms with Crippen molar-refractivity contribution < 1.29 is 22.7 Å². The molecule has 3 rings (SSSR count). The molecule has 0 saturated carbocycles. The van der Waals surface area contributed by atoms with Crippen LogP contribution in [-0.4, -0.2) is 72.7 Å². The van der Waals surface area contributed by atoms with Crippen LogP contribution in [0.15, 0.2) is 24.3 Å². The summed E-state index contributed by atoms with van der Waals surface area (Å²) in [5, 5.41) is 0. The van der Waals surface area contributed by atoms with Gasteiger partial charge in [0.2, 0.25) is 0 Å². The molecular weight excluding hydrogens is 371 g/mol. The molecule has 2 aliphatic rings. The molecule has 0 aliphatic carbocycles. The number of ether oxygens (including phenoxy) is 1. The number of nitrogens with zero attached hydrogens (tertiary/aromatic N) is 3. The Kier molecular flexibility index (Phi) is 6.82. The van der Waals surface area contributed by atoms with Crippen molar-refractivity contribution in [3.05, 3.63) is 35.4 Å². The Bertz CT molecular complexity index is 660. The number of halogens is 3. The van der Waals surface area contributed by atoms with Crippen molar-refractivity contribution in [1.29, 1.82) is 0 Å². The second-order valence-corrected chi connectivity index (χ2v) is 7.45. The van der Waals surface area contributed by atoms with Gasteiger partial charge in [0.1, 0.15) is 0 Å². The minimum atomic E-state index is -4.31. The molecule has 8 heteroatoms. The van der Waals surface area contributed by atoms with E-state index in [1.807, 2.05) is 0 Å². The quantitative estimate of drug-likeness (QED) is 0.777. The second kappa shape index (κ2) is 9.13. The van der Waals surface area contributed by atoms with Crippen LogP contribution in [0.5, 0.6) is 0 Å². The second-order valence-electron chi connectivity index (χ2n) is 7.45.